The normalized spacial score (nSPS) is 14.7. The van der Waals surface area contributed by atoms with Gasteiger partial charge in [0.2, 0.25) is 0 Å². The van der Waals surface area contributed by atoms with Gasteiger partial charge in [0, 0.05) is 35.7 Å². The van der Waals surface area contributed by atoms with Crippen LogP contribution in [0.15, 0.2) is 28.2 Å². The maximum Gasteiger partial charge on any atom is 0.270 e. The molecule has 3 rings (SSSR count). The van der Waals surface area contributed by atoms with Crippen LogP contribution < -0.4 is 0 Å². The van der Waals surface area contributed by atoms with E-state index in [1.165, 1.54) is 10.4 Å². The number of hydrogen-bond acceptors (Lipinski definition) is 2. The number of rotatable bonds is 1. The van der Waals surface area contributed by atoms with Crippen LogP contribution in [0.1, 0.15) is 20.9 Å². The Morgan fingerprint density at radius 2 is 2.33 bits per heavy atom. The van der Waals surface area contributed by atoms with E-state index in [9.17, 15) is 4.79 Å². The summed E-state index contributed by atoms with van der Waals surface area (Å²) in [7, 11) is 1.90. The van der Waals surface area contributed by atoms with Crippen LogP contribution in [0.2, 0.25) is 0 Å². The number of carbonyl (C=O) groups excluding carboxylic acids is 1. The van der Waals surface area contributed by atoms with Crippen LogP contribution in [-0.4, -0.2) is 21.9 Å². The fourth-order valence-electron chi connectivity index (χ4n) is 2.32. The van der Waals surface area contributed by atoms with Gasteiger partial charge in [-0.3, -0.25) is 4.79 Å². The topological polar surface area (TPSA) is 25.2 Å². The highest BCUT2D eigenvalue weighted by Gasteiger charge is 2.24. The Labute approximate surface area is 118 Å². The van der Waals surface area contributed by atoms with Crippen LogP contribution in [0.3, 0.4) is 0 Å². The van der Waals surface area contributed by atoms with Crippen LogP contribution in [0, 0.1) is 0 Å². The average molecular weight is 325 g/mol. The number of amides is 1. The molecule has 0 unspecified atom stereocenters. The molecule has 3 heterocycles. The van der Waals surface area contributed by atoms with E-state index in [0.29, 0.717) is 0 Å². The minimum atomic E-state index is 0.111. The van der Waals surface area contributed by atoms with E-state index in [0.717, 1.165) is 29.7 Å². The van der Waals surface area contributed by atoms with Crippen molar-refractivity contribution in [3.63, 3.8) is 0 Å². The van der Waals surface area contributed by atoms with Gasteiger partial charge in [-0.2, -0.15) is 0 Å². The molecule has 1 aliphatic rings. The van der Waals surface area contributed by atoms with Crippen molar-refractivity contribution in [1.82, 2.24) is 9.47 Å². The molecule has 0 atom stereocenters. The summed E-state index contributed by atoms with van der Waals surface area (Å²) in [6.07, 6.45) is 2.89. The van der Waals surface area contributed by atoms with Gasteiger partial charge in [-0.05, 0) is 45.4 Å². The Kier molecular flexibility index (Phi) is 3.03. The monoisotopic (exact) mass is 324 g/mol. The second-order valence-electron chi connectivity index (χ2n) is 4.50. The summed E-state index contributed by atoms with van der Waals surface area (Å²) < 4.78 is 2.82. The van der Waals surface area contributed by atoms with Crippen molar-refractivity contribution in [2.45, 2.75) is 13.0 Å². The van der Waals surface area contributed by atoms with E-state index in [1.54, 1.807) is 11.3 Å². The summed E-state index contributed by atoms with van der Waals surface area (Å²) in [5.74, 6) is 0.111. The van der Waals surface area contributed by atoms with Crippen LogP contribution in [0.5, 0.6) is 0 Å². The number of aryl methyl sites for hydroxylation is 1. The maximum atomic E-state index is 12.5. The second-order valence-corrected chi connectivity index (χ2v) is 6.42. The first kappa shape index (κ1) is 12.0. The summed E-state index contributed by atoms with van der Waals surface area (Å²) in [6, 6.07) is 4.01. The molecule has 2 aromatic rings. The van der Waals surface area contributed by atoms with Crippen molar-refractivity contribution < 1.29 is 4.79 Å². The molecule has 0 saturated carbocycles. The summed E-state index contributed by atoms with van der Waals surface area (Å²) >= 11 is 5.20. The third-order valence-electron chi connectivity index (χ3n) is 3.29. The molecular formula is C13H13BrN2OS. The van der Waals surface area contributed by atoms with Crippen molar-refractivity contribution in [1.29, 1.82) is 0 Å². The van der Waals surface area contributed by atoms with Crippen molar-refractivity contribution in [2.75, 3.05) is 6.54 Å². The Hall–Kier alpha value is -1.07. The lowest BCUT2D eigenvalue weighted by Gasteiger charge is -2.27. The third kappa shape index (κ3) is 2.01. The lowest BCUT2D eigenvalue weighted by Crippen LogP contribution is -2.36. The minimum Gasteiger partial charge on any atom is -0.345 e. The molecular weight excluding hydrogens is 312 g/mol. The lowest BCUT2D eigenvalue weighted by atomic mass is 10.1. The fraction of sp³-hybridized carbons (Fsp3) is 0.308. The van der Waals surface area contributed by atoms with E-state index in [-0.39, 0.29) is 5.91 Å². The zero-order chi connectivity index (χ0) is 12.7. The minimum absolute atomic E-state index is 0.111. The van der Waals surface area contributed by atoms with E-state index in [4.69, 9.17) is 0 Å². The van der Waals surface area contributed by atoms with Crippen molar-refractivity contribution >= 4 is 33.2 Å². The Morgan fingerprint density at radius 3 is 3.06 bits per heavy atom. The van der Waals surface area contributed by atoms with Gasteiger partial charge in [-0.15, -0.1) is 11.3 Å². The summed E-state index contributed by atoms with van der Waals surface area (Å²) in [4.78, 5) is 15.8. The molecule has 1 amide bonds. The molecule has 0 fully saturated rings. The molecule has 1 aliphatic heterocycles. The van der Waals surface area contributed by atoms with Crippen molar-refractivity contribution in [3.05, 3.63) is 44.3 Å². The van der Waals surface area contributed by atoms with E-state index >= 15 is 0 Å². The largest absolute Gasteiger partial charge is 0.345 e. The van der Waals surface area contributed by atoms with E-state index in [2.05, 4.69) is 27.4 Å². The Bertz CT molecular complexity index is 602. The van der Waals surface area contributed by atoms with Gasteiger partial charge in [0.15, 0.2) is 0 Å². The average Bonchev–Trinajstić information content (AvgIpc) is 2.93. The first-order chi connectivity index (χ1) is 8.65. The molecule has 0 N–H and O–H groups in total. The van der Waals surface area contributed by atoms with Crippen molar-refractivity contribution in [2.24, 2.45) is 7.05 Å². The van der Waals surface area contributed by atoms with Gasteiger partial charge in [0.1, 0.15) is 5.69 Å². The zero-order valence-corrected chi connectivity index (χ0v) is 12.4. The molecule has 0 saturated heterocycles. The molecule has 0 aliphatic carbocycles. The first-order valence-corrected chi connectivity index (χ1v) is 7.49. The number of aromatic nitrogens is 1. The number of hydrogen-bond donors (Lipinski definition) is 0. The summed E-state index contributed by atoms with van der Waals surface area (Å²) in [5.41, 5.74) is 2.04. The highest BCUT2D eigenvalue weighted by molar-refractivity contribution is 9.10. The third-order valence-corrected chi connectivity index (χ3v) is 4.74. The van der Waals surface area contributed by atoms with Crippen LogP contribution in [-0.2, 0) is 20.0 Å². The molecule has 0 bridgehead atoms. The van der Waals surface area contributed by atoms with Crippen molar-refractivity contribution in [3.8, 4) is 0 Å². The second kappa shape index (κ2) is 4.55. The number of thiophene rings is 1. The van der Waals surface area contributed by atoms with Gasteiger partial charge in [-0.25, -0.2) is 0 Å². The van der Waals surface area contributed by atoms with Gasteiger partial charge >= 0.3 is 0 Å². The van der Waals surface area contributed by atoms with Gasteiger partial charge < -0.3 is 9.47 Å². The Morgan fingerprint density at radius 1 is 1.50 bits per heavy atom. The highest BCUT2D eigenvalue weighted by Crippen LogP contribution is 2.25. The molecule has 3 nitrogen and oxygen atoms in total. The maximum absolute atomic E-state index is 12.5. The molecule has 18 heavy (non-hydrogen) atoms. The number of carbonyl (C=O) groups is 1. The quantitative estimate of drug-likeness (QED) is 0.791. The molecule has 2 aromatic heterocycles. The molecule has 0 spiro atoms. The number of fused-ring (bicyclic) bond motifs is 1. The van der Waals surface area contributed by atoms with Crippen LogP contribution >= 0.6 is 27.3 Å². The lowest BCUT2D eigenvalue weighted by molar-refractivity contribution is 0.0726. The molecule has 0 aromatic carbocycles. The SMILES string of the molecule is Cn1cc(Br)cc1C(=O)N1CCc2sccc2C1. The predicted octanol–water partition coefficient (Wildman–Crippen LogP) is 3.05. The van der Waals surface area contributed by atoms with Crippen LogP contribution in [0.25, 0.3) is 0 Å². The highest BCUT2D eigenvalue weighted by atomic mass is 79.9. The number of halogens is 1. The zero-order valence-electron chi connectivity index (χ0n) is 10.0. The molecule has 94 valence electrons. The smallest absolute Gasteiger partial charge is 0.270 e. The van der Waals surface area contributed by atoms with Gasteiger partial charge in [0.25, 0.3) is 5.91 Å². The van der Waals surface area contributed by atoms with Gasteiger partial charge in [-0.1, -0.05) is 0 Å². The van der Waals surface area contributed by atoms with Gasteiger partial charge in [0.05, 0.1) is 0 Å². The predicted molar refractivity (Wildman–Crippen MR) is 75.9 cm³/mol. The molecule has 0 radical (unpaired) electrons. The van der Waals surface area contributed by atoms with E-state index < -0.39 is 0 Å². The number of nitrogens with zero attached hydrogens (tertiary/aromatic N) is 2. The summed E-state index contributed by atoms with van der Waals surface area (Å²) in [5, 5.41) is 2.11. The fourth-order valence-corrected chi connectivity index (χ4v) is 3.73. The standard InChI is InChI=1S/C13H13BrN2OS/c1-15-8-10(14)6-11(15)13(17)16-4-2-12-9(7-16)3-5-18-12/h3,5-6,8H,2,4,7H2,1H3. The Balaban J connectivity index is 1.85. The van der Waals surface area contributed by atoms with E-state index in [1.807, 2.05) is 28.8 Å². The van der Waals surface area contributed by atoms with Crippen LogP contribution in [0.4, 0.5) is 0 Å². The molecule has 5 heteroatoms. The first-order valence-electron chi connectivity index (χ1n) is 5.81. The summed E-state index contributed by atoms with van der Waals surface area (Å²) in [6.45, 7) is 1.55.